The molecule has 0 saturated carbocycles. The van der Waals surface area contributed by atoms with E-state index in [1.165, 1.54) is 56.7 Å². The zero-order valence-electron chi connectivity index (χ0n) is 23.8. The number of aryl methyl sites for hydroxylation is 2. The molecular weight excluding hydrogens is 658 g/mol. The van der Waals surface area contributed by atoms with Gasteiger partial charge in [0.25, 0.3) is 20.0 Å². The Hall–Kier alpha value is -4.07. The number of sulfonamides is 2. The molecule has 0 aliphatic rings. The normalized spacial score (nSPS) is 11.5. The summed E-state index contributed by atoms with van der Waals surface area (Å²) in [4.78, 5) is 13.1. The van der Waals surface area contributed by atoms with Crippen LogP contribution in [0.2, 0.25) is 0 Å². The van der Waals surface area contributed by atoms with E-state index in [9.17, 15) is 21.6 Å². The first-order valence-electron chi connectivity index (χ1n) is 12.8. The fourth-order valence-corrected chi connectivity index (χ4v) is 7.04. The number of nitrogens with zero attached hydrogens (tertiary/aromatic N) is 1. The van der Waals surface area contributed by atoms with Gasteiger partial charge >= 0.3 is 0 Å². The molecule has 2 N–H and O–H groups in total. The maximum atomic E-state index is 13.9. The van der Waals surface area contributed by atoms with E-state index in [0.29, 0.717) is 17.1 Å². The molecule has 0 heterocycles. The molecular formula is C30H30BrN3O7S2. The highest BCUT2D eigenvalue weighted by Crippen LogP contribution is 2.33. The lowest BCUT2D eigenvalue weighted by atomic mass is 10.1. The summed E-state index contributed by atoms with van der Waals surface area (Å²) in [6.45, 7) is 3.11. The molecule has 0 saturated heterocycles. The van der Waals surface area contributed by atoms with E-state index < -0.39 is 32.5 Å². The summed E-state index contributed by atoms with van der Waals surface area (Å²) in [5.74, 6) is -0.0560. The minimum absolute atomic E-state index is 0.0127. The van der Waals surface area contributed by atoms with Gasteiger partial charge in [0.15, 0.2) is 11.5 Å². The van der Waals surface area contributed by atoms with E-state index in [2.05, 4.69) is 26.0 Å². The van der Waals surface area contributed by atoms with Crippen molar-refractivity contribution in [3.05, 3.63) is 101 Å². The van der Waals surface area contributed by atoms with E-state index in [-0.39, 0.29) is 21.2 Å². The Morgan fingerprint density at radius 2 is 1.30 bits per heavy atom. The molecule has 0 fully saturated rings. The van der Waals surface area contributed by atoms with Crippen molar-refractivity contribution in [3.8, 4) is 11.5 Å². The lowest BCUT2D eigenvalue weighted by Gasteiger charge is -2.25. The zero-order valence-corrected chi connectivity index (χ0v) is 27.0. The topological polar surface area (TPSA) is 131 Å². The molecule has 10 nitrogen and oxygen atoms in total. The van der Waals surface area contributed by atoms with Gasteiger partial charge in [-0.2, -0.15) is 0 Å². The van der Waals surface area contributed by atoms with Crippen LogP contribution in [0.5, 0.6) is 11.5 Å². The first-order valence-corrected chi connectivity index (χ1v) is 16.6. The van der Waals surface area contributed by atoms with Gasteiger partial charge in [-0.05, 0) is 97.8 Å². The summed E-state index contributed by atoms with van der Waals surface area (Å²) in [6.07, 6.45) is 0. The number of amides is 1. The molecule has 0 radical (unpaired) electrons. The van der Waals surface area contributed by atoms with E-state index in [1.807, 2.05) is 19.9 Å². The third-order valence-corrected chi connectivity index (χ3v) is 9.97. The van der Waals surface area contributed by atoms with E-state index in [1.54, 1.807) is 36.4 Å². The minimum atomic E-state index is -4.24. The largest absolute Gasteiger partial charge is 0.493 e. The highest BCUT2D eigenvalue weighted by atomic mass is 79.9. The van der Waals surface area contributed by atoms with Gasteiger partial charge in [-0.1, -0.05) is 22.0 Å². The Bertz CT molecular complexity index is 1830. The van der Waals surface area contributed by atoms with Crippen molar-refractivity contribution >= 4 is 58.9 Å². The summed E-state index contributed by atoms with van der Waals surface area (Å²) >= 11 is 3.31. The Morgan fingerprint density at radius 1 is 0.744 bits per heavy atom. The van der Waals surface area contributed by atoms with Crippen molar-refractivity contribution in [2.75, 3.05) is 35.1 Å². The molecule has 0 spiro atoms. The molecule has 0 unspecified atom stereocenters. The van der Waals surface area contributed by atoms with Gasteiger partial charge in [0.1, 0.15) is 6.54 Å². The van der Waals surface area contributed by atoms with Crippen LogP contribution in [0.1, 0.15) is 11.1 Å². The molecule has 13 heteroatoms. The number of ether oxygens (including phenoxy) is 2. The smallest absolute Gasteiger partial charge is 0.264 e. The maximum Gasteiger partial charge on any atom is 0.264 e. The van der Waals surface area contributed by atoms with E-state index in [0.717, 1.165) is 19.9 Å². The predicted molar refractivity (Wildman–Crippen MR) is 170 cm³/mol. The highest BCUT2D eigenvalue weighted by molar-refractivity contribution is 9.10. The summed E-state index contributed by atoms with van der Waals surface area (Å²) in [7, 11) is -5.28. The molecule has 4 aromatic carbocycles. The highest BCUT2D eigenvalue weighted by Gasteiger charge is 2.29. The Kier molecular flexibility index (Phi) is 9.68. The first kappa shape index (κ1) is 31.9. The molecule has 4 rings (SSSR count). The van der Waals surface area contributed by atoms with Gasteiger partial charge in [-0.25, -0.2) is 16.8 Å². The van der Waals surface area contributed by atoms with Crippen LogP contribution in [-0.4, -0.2) is 43.5 Å². The van der Waals surface area contributed by atoms with Gasteiger partial charge in [-0.15, -0.1) is 0 Å². The number of rotatable bonds is 11. The van der Waals surface area contributed by atoms with Gasteiger partial charge in [0, 0.05) is 21.9 Å². The third-order valence-electron chi connectivity index (χ3n) is 6.27. The molecule has 0 aliphatic heterocycles. The van der Waals surface area contributed by atoms with E-state index in [4.69, 9.17) is 9.47 Å². The number of anilines is 3. The lowest BCUT2D eigenvalue weighted by molar-refractivity contribution is -0.114. The quantitative estimate of drug-likeness (QED) is 0.206. The molecule has 0 bridgehead atoms. The van der Waals surface area contributed by atoms with Gasteiger partial charge in [0.2, 0.25) is 5.91 Å². The van der Waals surface area contributed by atoms with Crippen LogP contribution in [0.15, 0.2) is 99.2 Å². The van der Waals surface area contributed by atoms with Crippen LogP contribution in [-0.2, 0) is 24.8 Å². The van der Waals surface area contributed by atoms with Crippen LogP contribution >= 0.6 is 15.9 Å². The van der Waals surface area contributed by atoms with Crippen LogP contribution in [0, 0.1) is 13.8 Å². The lowest BCUT2D eigenvalue weighted by Crippen LogP contribution is -2.38. The Balaban J connectivity index is 1.58. The predicted octanol–water partition coefficient (Wildman–Crippen LogP) is 5.72. The fraction of sp³-hybridized carbons (Fsp3) is 0.167. The molecule has 1 amide bonds. The number of benzene rings is 4. The number of carbonyl (C=O) groups is 1. The maximum absolute atomic E-state index is 13.9. The second kappa shape index (κ2) is 13.1. The van der Waals surface area contributed by atoms with Gasteiger partial charge in [0.05, 0.1) is 29.7 Å². The van der Waals surface area contributed by atoms with Crippen molar-refractivity contribution in [3.63, 3.8) is 0 Å². The zero-order chi connectivity index (χ0) is 31.4. The van der Waals surface area contributed by atoms with Crippen LogP contribution in [0.4, 0.5) is 17.1 Å². The second-order valence-corrected chi connectivity index (χ2v) is 14.0. The van der Waals surface area contributed by atoms with Crippen LogP contribution in [0.3, 0.4) is 0 Å². The number of nitrogens with one attached hydrogen (secondary N) is 2. The van der Waals surface area contributed by atoms with Crippen LogP contribution in [0.25, 0.3) is 0 Å². The number of hydrogen-bond acceptors (Lipinski definition) is 7. The second-order valence-electron chi connectivity index (χ2n) is 9.56. The average Bonchev–Trinajstić information content (AvgIpc) is 2.96. The monoisotopic (exact) mass is 687 g/mol. The van der Waals surface area contributed by atoms with Crippen molar-refractivity contribution < 1.29 is 31.1 Å². The summed E-state index contributed by atoms with van der Waals surface area (Å²) in [5.41, 5.74) is 2.62. The molecule has 0 aromatic heterocycles. The summed E-state index contributed by atoms with van der Waals surface area (Å²) < 4.78 is 68.3. The van der Waals surface area contributed by atoms with Crippen molar-refractivity contribution in [1.29, 1.82) is 0 Å². The Morgan fingerprint density at radius 3 is 1.88 bits per heavy atom. The number of hydrogen-bond donors (Lipinski definition) is 2. The molecule has 0 atom stereocenters. The number of halogens is 1. The van der Waals surface area contributed by atoms with Crippen molar-refractivity contribution in [2.45, 2.75) is 23.6 Å². The molecule has 43 heavy (non-hydrogen) atoms. The molecule has 226 valence electrons. The fourth-order valence-electron chi connectivity index (χ4n) is 4.29. The Labute approximate surface area is 259 Å². The first-order chi connectivity index (χ1) is 20.3. The van der Waals surface area contributed by atoms with E-state index >= 15 is 0 Å². The minimum Gasteiger partial charge on any atom is -0.493 e. The van der Waals surface area contributed by atoms with Crippen LogP contribution < -0.4 is 23.8 Å². The number of carbonyl (C=O) groups excluding carboxylic acids is 1. The van der Waals surface area contributed by atoms with Crippen molar-refractivity contribution in [1.82, 2.24) is 0 Å². The van der Waals surface area contributed by atoms with Gasteiger partial charge in [-0.3, -0.25) is 13.8 Å². The molecule has 0 aliphatic carbocycles. The third kappa shape index (κ3) is 7.66. The number of methoxy groups -OCH3 is 2. The standard InChI is InChI=1S/C30H30BrN3O7S2/c1-20-15-21(2)17-25(16-20)34(43(38,39)27-13-14-28(40-3)29(18-27)41-4)19-30(35)32-23-9-11-26(12-10-23)42(36,37)33-24-7-5-22(31)6-8-24/h5-18,33H,19H2,1-4H3,(H,32,35). The summed E-state index contributed by atoms with van der Waals surface area (Å²) in [5, 5.41) is 2.66. The molecule has 4 aromatic rings. The van der Waals surface area contributed by atoms with Gasteiger partial charge < -0.3 is 14.8 Å². The van der Waals surface area contributed by atoms with Crippen molar-refractivity contribution in [2.24, 2.45) is 0 Å². The average molecular weight is 689 g/mol. The SMILES string of the molecule is COc1ccc(S(=O)(=O)N(CC(=O)Nc2ccc(S(=O)(=O)Nc3ccc(Br)cc3)cc2)c2cc(C)cc(C)c2)cc1OC. The summed E-state index contributed by atoms with van der Waals surface area (Å²) in [6, 6.07) is 21.7.